The van der Waals surface area contributed by atoms with Gasteiger partial charge in [0.15, 0.2) is 0 Å². The third-order valence-corrected chi connectivity index (χ3v) is 6.31. The van der Waals surface area contributed by atoms with Crippen molar-refractivity contribution in [3.8, 4) is 11.5 Å². The molecule has 0 aromatic heterocycles. The van der Waals surface area contributed by atoms with E-state index in [-0.39, 0.29) is 15.5 Å². The molecule has 146 valence electrons. The molecule has 8 heteroatoms. The van der Waals surface area contributed by atoms with Gasteiger partial charge in [-0.1, -0.05) is 23.7 Å². The van der Waals surface area contributed by atoms with Gasteiger partial charge in [-0.3, -0.25) is 0 Å². The zero-order chi connectivity index (χ0) is 20.5. The van der Waals surface area contributed by atoms with Crippen molar-refractivity contribution in [3.63, 3.8) is 0 Å². The van der Waals surface area contributed by atoms with Crippen LogP contribution in [0.3, 0.4) is 0 Å². The molecular formula is C20H18ClNO5S. The first-order chi connectivity index (χ1) is 13.2. The van der Waals surface area contributed by atoms with Gasteiger partial charge in [0, 0.05) is 14.1 Å². The van der Waals surface area contributed by atoms with E-state index >= 15 is 0 Å². The second kappa shape index (κ2) is 7.79. The molecule has 0 unspecified atom stereocenters. The van der Waals surface area contributed by atoms with E-state index in [1.54, 1.807) is 19.2 Å². The first-order valence-corrected chi connectivity index (χ1v) is 10.1. The van der Waals surface area contributed by atoms with Crippen molar-refractivity contribution in [2.75, 3.05) is 21.2 Å². The number of carbonyl (C=O) groups excluding carboxylic acids is 1. The van der Waals surface area contributed by atoms with Gasteiger partial charge in [0.05, 0.1) is 22.6 Å². The van der Waals surface area contributed by atoms with E-state index in [0.29, 0.717) is 11.5 Å². The molecule has 0 fully saturated rings. The summed E-state index contributed by atoms with van der Waals surface area (Å²) in [6.45, 7) is 0. The molecule has 3 aromatic rings. The number of ether oxygens (including phenoxy) is 2. The molecule has 0 atom stereocenters. The Bertz CT molecular complexity index is 1160. The monoisotopic (exact) mass is 419 g/mol. The lowest BCUT2D eigenvalue weighted by molar-refractivity contribution is 0.0735. The van der Waals surface area contributed by atoms with Crippen molar-refractivity contribution in [1.29, 1.82) is 0 Å². The zero-order valence-electron chi connectivity index (χ0n) is 15.5. The number of carbonyl (C=O) groups is 1. The highest BCUT2D eigenvalue weighted by atomic mass is 35.5. The first-order valence-electron chi connectivity index (χ1n) is 8.24. The molecule has 6 nitrogen and oxygen atoms in total. The molecule has 0 spiro atoms. The van der Waals surface area contributed by atoms with E-state index in [2.05, 4.69) is 0 Å². The summed E-state index contributed by atoms with van der Waals surface area (Å²) >= 11 is 6.10. The van der Waals surface area contributed by atoms with Crippen LogP contribution in [0.5, 0.6) is 11.5 Å². The number of esters is 1. The van der Waals surface area contributed by atoms with Gasteiger partial charge in [-0.15, -0.1) is 0 Å². The molecule has 3 rings (SSSR count). The number of rotatable bonds is 5. The third-order valence-electron chi connectivity index (χ3n) is 4.17. The maximum atomic E-state index is 12.6. The molecule has 0 amide bonds. The number of sulfonamides is 1. The van der Waals surface area contributed by atoms with Crippen LogP contribution in [0.1, 0.15) is 10.4 Å². The fourth-order valence-corrected chi connectivity index (χ4v) is 3.71. The fourth-order valence-electron chi connectivity index (χ4n) is 2.59. The molecule has 28 heavy (non-hydrogen) atoms. The first kappa shape index (κ1) is 20.1. The van der Waals surface area contributed by atoms with Crippen molar-refractivity contribution in [1.82, 2.24) is 4.31 Å². The minimum absolute atomic E-state index is 0.0321. The fraction of sp³-hybridized carbons (Fsp3) is 0.150. The zero-order valence-corrected chi connectivity index (χ0v) is 17.0. The lowest BCUT2D eigenvalue weighted by Gasteiger charge is -2.13. The van der Waals surface area contributed by atoms with Crippen molar-refractivity contribution < 1.29 is 22.7 Å². The molecule has 0 aliphatic carbocycles. The number of methoxy groups -OCH3 is 1. The summed E-state index contributed by atoms with van der Waals surface area (Å²) in [5.41, 5.74) is -0.0321. The Balaban J connectivity index is 1.94. The second-order valence-corrected chi connectivity index (χ2v) is 8.75. The van der Waals surface area contributed by atoms with Crippen LogP contribution >= 0.6 is 11.6 Å². The number of benzene rings is 3. The third kappa shape index (κ3) is 3.96. The number of nitrogens with zero attached hydrogens (tertiary/aromatic N) is 1. The van der Waals surface area contributed by atoms with Crippen LogP contribution in [0.25, 0.3) is 10.8 Å². The Morgan fingerprint density at radius 1 is 0.929 bits per heavy atom. The average molecular weight is 420 g/mol. The minimum atomic E-state index is -3.71. The molecule has 0 saturated heterocycles. The topological polar surface area (TPSA) is 72.9 Å². The smallest absolute Gasteiger partial charge is 0.345 e. The molecule has 0 heterocycles. The number of halogens is 1. The van der Waals surface area contributed by atoms with Gasteiger partial charge in [0.1, 0.15) is 11.5 Å². The summed E-state index contributed by atoms with van der Waals surface area (Å²) in [7, 11) is 0.681. The van der Waals surface area contributed by atoms with Crippen LogP contribution in [0, 0.1) is 0 Å². The van der Waals surface area contributed by atoms with E-state index in [1.807, 2.05) is 24.3 Å². The predicted octanol–water partition coefficient (Wildman–Crippen LogP) is 3.97. The lowest BCUT2D eigenvalue weighted by Crippen LogP contribution is -2.22. The molecule has 0 radical (unpaired) electrons. The Morgan fingerprint density at radius 2 is 1.57 bits per heavy atom. The average Bonchev–Trinajstić information content (AvgIpc) is 2.67. The quantitative estimate of drug-likeness (QED) is 0.462. The Kier molecular flexibility index (Phi) is 5.60. The summed E-state index contributed by atoms with van der Waals surface area (Å²) in [4.78, 5) is 12.6. The number of fused-ring (bicyclic) bond motifs is 1. The van der Waals surface area contributed by atoms with E-state index in [0.717, 1.165) is 15.1 Å². The van der Waals surface area contributed by atoms with Crippen molar-refractivity contribution in [2.24, 2.45) is 0 Å². The van der Waals surface area contributed by atoms with Crippen molar-refractivity contribution >= 4 is 38.4 Å². The minimum Gasteiger partial charge on any atom is -0.497 e. The van der Waals surface area contributed by atoms with Crippen LogP contribution in [0.4, 0.5) is 0 Å². The number of hydrogen-bond acceptors (Lipinski definition) is 5. The molecule has 3 aromatic carbocycles. The van der Waals surface area contributed by atoms with Gasteiger partial charge >= 0.3 is 5.97 Å². The maximum Gasteiger partial charge on any atom is 0.345 e. The lowest BCUT2D eigenvalue weighted by atomic mass is 10.1. The van der Waals surface area contributed by atoms with Gasteiger partial charge in [0.2, 0.25) is 10.0 Å². The van der Waals surface area contributed by atoms with E-state index in [1.165, 1.54) is 32.3 Å². The second-order valence-electron chi connectivity index (χ2n) is 6.19. The molecule has 0 aliphatic rings. The van der Waals surface area contributed by atoms with Gasteiger partial charge in [0.25, 0.3) is 0 Å². The van der Waals surface area contributed by atoms with E-state index in [4.69, 9.17) is 21.1 Å². The van der Waals surface area contributed by atoms with Crippen molar-refractivity contribution in [3.05, 3.63) is 65.2 Å². The van der Waals surface area contributed by atoms with E-state index in [9.17, 15) is 13.2 Å². The normalized spacial score (nSPS) is 11.6. The highest BCUT2D eigenvalue weighted by molar-refractivity contribution is 7.89. The largest absolute Gasteiger partial charge is 0.497 e. The van der Waals surface area contributed by atoms with Crippen LogP contribution in [0.2, 0.25) is 5.02 Å². The van der Waals surface area contributed by atoms with Crippen LogP contribution in [-0.2, 0) is 10.0 Å². The SMILES string of the molecule is COc1ccc2ccc(OC(=O)c3cc(S(=O)(=O)N(C)C)ccc3Cl)cc2c1. The van der Waals surface area contributed by atoms with Gasteiger partial charge in [-0.25, -0.2) is 17.5 Å². The summed E-state index contributed by atoms with van der Waals surface area (Å²) < 4.78 is 36.3. The van der Waals surface area contributed by atoms with E-state index < -0.39 is 16.0 Å². The molecule has 0 aliphatic heterocycles. The Hall–Kier alpha value is -2.61. The van der Waals surface area contributed by atoms with Crippen LogP contribution < -0.4 is 9.47 Å². The summed E-state index contributed by atoms with van der Waals surface area (Å²) in [6, 6.07) is 14.6. The number of hydrogen-bond donors (Lipinski definition) is 0. The van der Waals surface area contributed by atoms with Crippen LogP contribution in [0.15, 0.2) is 59.5 Å². The summed E-state index contributed by atoms with van der Waals surface area (Å²) in [5.74, 6) is 0.242. The van der Waals surface area contributed by atoms with Gasteiger partial charge in [-0.05, 0) is 53.2 Å². The standard InChI is InChI=1S/C20H18ClNO5S/c1-22(2)28(24,25)17-8-9-19(21)18(12-17)20(23)27-16-7-5-13-4-6-15(26-3)10-14(13)11-16/h4-12H,1-3H3. The summed E-state index contributed by atoms with van der Waals surface area (Å²) in [5, 5.41) is 1.89. The summed E-state index contributed by atoms with van der Waals surface area (Å²) in [6.07, 6.45) is 0. The Labute approximate surface area is 168 Å². The Morgan fingerprint density at radius 3 is 2.21 bits per heavy atom. The van der Waals surface area contributed by atoms with Gasteiger partial charge < -0.3 is 9.47 Å². The molecule has 0 bridgehead atoms. The molecule has 0 N–H and O–H groups in total. The predicted molar refractivity (Wildman–Crippen MR) is 108 cm³/mol. The molecular weight excluding hydrogens is 402 g/mol. The van der Waals surface area contributed by atoms with Crippen molar-refractivity contribution in [2.45, 2.75) is 4.90 Å². The molecule has 0 saturated carbocycles. The maximum absolute atomic E-state index is 12.6. The highest BCUT2D eigenvalue weighted by Crippen LogP contribution is 2.27. The highest BCUT2D eigenvalue weighted by Gasteiger charge is 2.21. The van der Waals surface area contributed by atoms with Crippen LogP contribution in [-0.4, -0.2) is 39.9 Å². The van der Waals surface area contributed by atoms with Gasteiger partial charge in [-0.2, -0.15) is 0 Å².